The molecule has 0 aliphatic carbocycles. The third-order valence-corrected chi connectivity index (χ3v) is 7.68. The van der Waals surface area contributed by atoms with E-state index in [1.807, 2.05) is 48.5 Å². The van der Waals surface area contributed by atoms with Crippen LogP contribution in [-0.2, 0) is 19.4 Å². The van der Waals surface area contributed by atoms with Gasteiger partial charge in [0.25, 0.3) is 0 Å². The number of ether oxygens (including phenoxy) is 3. The number of nitrogens with zero attached hydrogens (tertiary/aromatic N) is 3. The summed E-state index contributed by atoms with van der Waals surface area (Å²) < 4.78 is 16.3. The van der Waals surface area contributed by atoms with Crippen molar-refractivity contribution in [3.63, 3.8) is 0 Å². The van der Waals surface area contributed by atoms with E-state index >= 15 is 0 Å². The zero-order chi connectivity index (χ0) is 28.2. The van der Waals surface area contributed by atoms with Crippen molar-refractivity contribution in [1.82, 2.24) is 14.9 Å². The summed E-state index contributed by atoms with van der Waals surface area (Å²) in [4.78, 5) is 12.2. The maximum atomic E-state index is 5.52. The van der Waals surface area contributed by atoms with Gasteiger partial charge in [-0.2, -0.15) is 0 Å². The van der Waals surface area contributed by atoms with Gasteiger partial charge in [-0.1, -0.05) is 24.3 Å². The van der Waals surface area contributed by atoms with E-state index in [4.69, 9.17) is 24.2 Å². The molecule has 0 saturated heterocycles. The summed E-state index contributed by atoms with van der Waals surface area (Å²) in [6.45, 7) is 2.97. The number of nitrogens with one attached hydrogen (secondary N) is 1. The Morgan fingerprint density at radius 1 is 0.780 bits per heavy atom. The predicted molar refractivity (Wildman–Crippen MR) is 163 cm³/mol. The van der Waals surface area contributed by atoms with Gasteiger partial charge >= 0.3 is 0 Å². The molecule has 0 spiro atoms. The first-order valence-corrected chi connectivity index (χ1v) is 13.9. The van der Waals surface area contributed by atoms with E-state index in [0.29, 0.717) is 5.82 Å². The second-order valence-corrected chi connectivity index (χ2v) is 10.2. The van der Waals surface area contributed by atoms with Crippen molar-refractivity contribution in [1.29, 1.82) is 0 Å². The molecule has 0 radical (unpaired) electrons. The van der Waals surface area contributed by atoms with Crippen molar-refractivity contribution < 1.29 is 14.2 Å². The van der Waals surface area contributed by atoms with Gasteiger partial charge < -0.3 is 19.5 Å². The van der Waals surface area contributed by atoms with Crippen LogP contribution in [0, 0.1) is 0 Å². The topological polar surface area (TPSA) is 68.7 Å². The van der Waals surface area contributed by atoms with Crippen molar-refractivity contribution in [2.75, 3.05) is 39.7 Å². The van der Waals surface area contributed by atoms with Gasteiger partial charge in [0, 0.05) is 36.3 Å². The van der Waals surface area contributed by atoms with Crippen LogP contribution in [0.2, 0.25) is 0 Å². The molecular weight excluding hydrogens is 512 g/mol. The van der Waals surface area contributed by atoms with Gasteiger partial charge in [-0.05, 0) is 90.2 Å². The van der Waals surface area contributed by atoms with Gasteiger partial charge in [-0.3, -0.25) is 4.90 Å². The number of benzene rings is 4. The van der Waals surface area contributed by atoms with Crippen molar-refractivity contribution in [3.05, 3.63) is 102 Å². The summed E-state index contributed by atoms with van der Waals surface area (Å²) in [6.07, 6.45) is 2.00. The van der Waals surface area contributed by atoms with E-state index in [0.717, 1.165) is 77.7 Å². The Bertz CT molecular complexity index is 1650. The first-order chi connectivity index (χ1) is 20.1. The molecule has 0 unspecified atom stereocenters. The molecule has 1 aromatic heterocycles. The van der Waals surface area contributed by atoms with Crippen LogP contribution in [-0.4, -0.2) is 49.3 Å². The highest BCUT2D eigenvalue weighted by molar-refractivity contribution is 5.92. The van der Waals surface area contributed by atoms with Crippen LogP contribution in [0.25, 0.3) is 22.3 Å². The fourth-order valence-electron chi connectivity index (χ4n) is 5.35. The standard InChI is InChI=1S/C34H34N4O3/c1-39-28-14-10-24(11-15-28)33-36-30-7-5-4-6-29(30)34(37-33)35-27-12-8-23(9-13-27)16-18-38-19-17-25-20-31(40-2)32(41-3)21-26(25)22-38/h4-15,20-21H,16-19,22H2,1-3H3,(H,35,36,37). The second kappa shape index (κ2) is 11.9. The Morgan fingerprint density at radius 3 is 2.24 bits per heavy atom. The number of fused-ring (bicyclic) bond motifs is 2. The SMILES string of the molecule is COc1ccc(-c2nc(Nc3ccc(CCN4CCc5cc(OC)c(OC)cc5C4)cc3)c3ccccc3n2)cc1. The highest BCUT2D eigenvalue weighted by Gasteiger charge is 2.19. The van der Waals surface area contributed by atoms with Gasteiger partial charge in [0.05, 0.1) is 26.8 Å². The van der Waals surface area contributed by atoms with E-state index in [1.165, 1.54) is 16.7 Å². The zero-order valence-electron chi connectivity index (χ0n) is 23.7. The van der Waals surface area contributed by atoms with Crippen LogP contribution in [0.1, 0.15) is 16.7 Å². The third-order valence-electron chi connectivity index (χ3n) is 7.68. The molecule has 5 aromatic rings. The van der Waals surface area contributed by atoms with Crippen molar-refractivity contribution in [2.24, 2.45) is 0 Å². The van der Waals surface area contributed by atoms with Crippen LogP contribution < -0.4 is 19.5 Å². The molecule has 0 amide bonds. The van der Waals surface area contributed by atoms with E-state index in [-0.39, 0.29) is 0 Å². The lowest BCUT2D eigenvalue weighted by atomic mass is 9.98. The molecule has 1 aliphatic heterocycles. The van der Waals surface area contributed by atoms with Crippen LogP contribution in [0.3, 0.4) is 0 Å². The molecule has 6 rings (SSSR count). The zero-order valence-corrected chi connectivity index (χ0v) is 23.7. The molecule has 2 heterocycles. The summed E-state index contributed by atoms with van der Waals surface area (Å²) in [6, 6.07) is 28.8. The van der Waals surface area contributed by atoms with Crippen molar-refractivity contribution in [3.8, 4) is 28.6 Å². The maximum absolute atomic E-state index is 5.52. The number of hydrogen-bond donors (Lipinski definition) is 1. The number of anilines is 2. The molecule has 0 saturated carbocycles. The third kappa shape index (κ3) is 5.81. The first kappa shape index (κ1) is 26.6. The second-order valence-electron chi connectivity index (χ2n) is 10.2. The molecule has 1 aliphatic rings. The van der Waals surface area contributed by atoms with Crippen molar-refractivity contribution >= 4 is 22.4 Å². The first-order valence-electron chi connectivity index (χ1n) is 13.9. The molecule has 208 valence electrons. The van der Waals surface area contributed by atoms with Crippen LogP contribution in [0.5, 0.6) is 17.2 Å². The summed E-state index contributed by atoms with van der Waals surface area (Å²) >= 11 is 0. The van der Waals surface area contributed by atoms with Gasteiger partial charge in [0.2, 0.25) is 0 Å². The number of methoxy groups -OCH3 is 3. The normalized spacial score (nSPS) is 13.0. The van der Waals surface area contributed by atoms with Gasteiger partial charge in [-0.15, -0.1) is 0 Å². The molecule has 0 bridgehead atoms. The molecule has 0 atom stereocenters. The fourth-order valence-corrected chi connectivity index (χ4v) is 5.35. The molecule has 1 N–H and O–H groups in total. The molecule has 41 heavy (non-hydrogen) atoms. The fraction of sp³-hybridized carbons (Fsp3) is 0.235. The Morgan fingerprint density at radius 2 is 1.51 bits per heavy atom. The summed E-state index contributed by atoms with van der Waals surface area (Å²) in [7, 11) is 5.04. The van der Waals surface area contributed by atoms with E-state index in [2.05, 4.69) is 46.6 Å². The summed E-state index contributed by atoms with van der Waals surface area (Å²) in [5, 5.41) is 4.52. The lowest BCUT2D eigenvalue weighted by Crippen LogP contribution is -2.32. The molecule has 7 heteroatoms. The average molecular weight is 547 g/mol. The summed E-state index contributed by atoms with van der Waals surface area (Å²) in [5.41, 5.74) is 6.80. The van der Waals surface area contributed by atoms with Crippen LogP contribution in [0.15, 0.2) is 84.9 Å². The van der Waals surface area contributed by atoms with E-state index in [1.54, 1.807) is 21.3 Å². The number of para-hydroxylation sites is 1. The molecule has 0 fully saturated rings. The Hall–Kier alpha value is -4.62. The monoisotopic (exact) mass is 546 g/mol. The predicted octanol–water partition coefficient (Wildman–Crippen LogP) is 6.67. The number of rotatable bonds is 9. The van der Waals surface area contributed by atoms with E-state index < -0.39 is 0 Å². The van der Waals surface area contributed by atoms with Gasteiger partial charge in [0.15, 0.2) is 17.3 Å². The quantitative estimate of drug-likeness (QED) is 0.222. The van der Waals surface area contributed by atoms with Crippen molar-refractivity contribution in [2.45, 2.75) is 19.4 Å². The largest absolute Gasteiger partial charge is 0.497 e. The highest BCUT2D eigenvalue weighted by atomic mass is 16.5. The minimum atomic E-state index is 0.671. The minimum Gasteiger partial charge on any atom is -0.497 e. The summed E-state index contributed by atoms with van der Waals surface area (Å²) in [5.74, 6) is 3.86. The Labute approximate surface area is 240 Å². The van der Waals surface area contributed by atoms with Crippen LogP contribution >= 0.6 is 0 Å². The van der Waals surface area contributed by atoms with Gasteiger partial charge in [-0.25, -0.2) is 9.97 Å². The van der Waals surface area contributed by atoms with Crippen LogP contribution in [0.4, 0.5) is 11.5 Å². The maximum Gasteiger partial charge on any atom is 0.162 e. The molecule has 7 nitrogen and oxygen atoms in total. The molecular formula is C34H34N4O3. The lowest BCUT2D eigenvalue weighted by molar-refractivity contribution is 0.255. The Kier molecular flexibility index (Phi) is 7.69. The van der Waals surface area contributed by atoms with E-state index in [9.17, 15) is 0 Å². The average Bonchev–Trinajstić information content (AvgIpc) is 3.03. The minimum absolute atomic E-state index is 0.671. The smallest absolute Gasteiger partial charge is 0.162 e. The Balaban J connectivity index is 1.14. The number of hydrogen-bond acceptors (Lipinski definition) is 7. The molecule has 4 aromatic carbocycles. The van der Waals surface area contributed by atoms with Gasteiger partial charge in [0.1, 0.15) is 11.6 Å². The lowest BCUT2D eigenvalue weighted by Gasteiger charge is -2.29. The number of aromatic nitrogens is 2. The highest BCUT2D eigenvalue weighted by Crippen LogP contribution is 2.33.